The van der Waals surface area contributed by atoms with Crippen molar-refractivity contribution in [1.82, 2.24) is 9.80 Å². The van der Waals surface area contributed by atoms with Crippen LogP contribution in [0.4, 0.5) is 0 Å². The molecule has 0 N–H and O–H groups in total. The Hall–Kier alpha value is -2.43. The molecule has 1 atom stereocenters. The minimum atomic E-state index is -0.0923. The van der Waals surface area contributed by atoms with Gasteiger partial charge in [0.2, 0.25) is 5.91 Å². The van der Waals surface area contributed by atoms with Gasteiger partial charge in [-0.15, -0.1) is 11.3 Å². The summed E-state index contributed by atoms with van der Waals surface area (Å²) >= 11 is 1.73. The van der Waals surface area contributed by atoms with Crippen LogP contribution in [0.5, 0.6) is 0 Å². The van der Waals surface area contributed by atoms with E-state index < -0.39 is 0 Å². The fourth-order valence-electron chi connectivity index (χ4n) is 3.26. The first-order valence-corrected chi connectivity index (χ1v) is 10.0. The van der Waals surface area contributed by atoms with Crippen LogP contribution in [0.3, 0.4) is 0 Å². The van der Waals surface area contributed by atoms with Gasteiger partial charge in [0.25, 0.3) is 0 Å². The second-order valence-electron chi connectivity index (χ2n) is 6.84. The lowest BCUT2D eigenvalue weighted by Crippen LogP contribution is -2.39. The molecule has 3 rings (SSSR count). The molecule has 1 heterocycles. The summed E-state index contributed by atoms with van der Waals surface area (Å²) in [5.74, 6) is 0.110. The van der Waals surface area contributed by atoms with E-state index in [-0.39, 0.29) is 18.0 Å². The summed E-state index contributed by atoms with van der Waals surface area (Å²) in [6.07, 6.45) is 0. The van der Waals surface area contributed by atoms with E-state index in [0.717, 1.165) is 11.1 Å². The van der Waals surface area contributed by atoms with Crippen molar-refractivity contribution >= 4 is 17.2 Å². The number of carbonyl (C=O) groups excluding carboxylic acids is 1. The summed E-state index contributed by atoms with van der Waals surface area (Å²) in [7, 11) is 3.91. The SMILES string of the molecule is CC(c1cccs1)N(C)CC(=O)N(C)C(c1ccccc1)c1ccccc1. The average molecular weight is 379 g/mol. The zero-order chi connectivity index (χ0) is 19.2. The van der Waals surface area contributed by atoms with Crippen molar-refractivity contribution < 1.29 is 4.79 Å². The van der Waals surface area contributed by atoms with Crippen molar-refractivity contribution in [1.29, 1.82) is 0 Å². The second-order valence-corrected chi connectivity index (χ2v) is 7.81. The molecular formula is C23H26N2OS. The monoisotopic (exact) mass is 378 g/mol. The summed E-state index contributed by atoms with van der Waals surface area (Å²) in [6.45, 7) is 2.52. The standard InChI is InChI=1S/C23H26N2OS/c1-18(21-15-10-16-27-21)24(2)17-22(26)25(3)23(19-11-6-4-7-12-19)20-13-8-5-9-14-20/h4-16,18,23H,17H2,1-3H3. The third-order valence-electron chi connectivity index (χ3n) is 5.01. The normalized spacial score (nSPS) is 12.3. The molecule has 3 nitrogen and oxygen atoms in total. The van der Waals surface area contributed by atoms with Gasteiger partial charge in [-0.05, 0) is 36.5 Å². The highest BCUT2D eigenvalue weighted by Gasteiger charge is 2.25. The largest absolute Gasteiger partial charge is 0.334 e. The summed E-state index contributed by atoms with van der Waals surface area (Å²) < 4.78 is 0. The molecule has 1 aromatic heterocycles. The number of thiophene rings is 1. The van der Waals surface area contributed by atoms with Crippen LogP contribution in [0.15, 0.2) is 78.2 Å². The van der Waals surface area contributed by atoms with Gasteiger partial charge in [0.1, 0.15) is 0 Å². The summed E-state index contributed by atoms with van der Waals surface area (Å²) in [5.41, 5.74) is 2.24. The van der Waals surface area contributed by atoms with Crippen LogP contribution in [0.1, 0.15) is 35.0 Å². The minimum Gasteiger partial charge on any atom is -0.334 e. The number of nitrogens with zero attached hydrogens (tertiary/aromatic N) is 2. The molecule has 0 saturated heterocycles. The number of benzene rings is 2. The van der Waals surface area contributed by atoms with Crippen molar-refractivity contribution in [3.63, 3.8) is 0 Å². The lowest BCUT2D eigenvalue weighted by Gasteiger charge is -2.32. The van der Waals surface area contributed by atoms with E-state index >= 15 is 0 Å². The molecule has 0 aliphatic rings. The van der Waals surface area contributed by atoms with Gasteiger partial charge in [-0.3, -0.25) is 9.69 Å². The van der Waals surface area contributed by atoms with Crippen molar-refractivity contribution in [3.8, 4) is 0 Å². The van der Waals surface area contributed by atoms with E-state index in [0.29, 0.717) is 6.54 Å². The van der Waals surface area contributed by atoms with Crippen LogP contribution in [-0.4, -0.2) is 36.3 Å². The minimum absolute atomic E-state index is 0.0923. The molecule has 27 heavy (non-hydrogen) atoms. The Morgan fingerprint density at radius 3 is 1.93 bits per heavy atom. The van der Waals surface area contributed by atoms with Crippen molar-refractivity contribution in [2.24, 2.45) is 0 Å². The highest BCUT2D eigenvalue weighted by atomic mass is 32.1. The number of likely N-dealkylation sites (N-methyl/N-ethyl adjacent to an activating group) is 2. The molecule has 140 valence electrons. The molecule has 0 aliphatic carbocycles. The Morgan fingerprint density at radius 2 is 1.44 bits per heavy atom. The second kappa shape index (κ2) is 8.98. The predicted octanol–water partition coefficient (Wildman–Crippen LogP) is 4.99. The molecule has 4 heteroatoms. The molecule has 0 aliphatic heterocycles. The van der Waals surface area contributed by atoms with Gasteiger partial charge in [-0.25, -0.2) is 0 Å². The van der Waals surface area contributed by atoms with Gasteiger partial charge in [-0.2, -0.15) is 0 Å². The maximum Gasteiger partial charge on any atom is 0.237 e. The number of rotatable bonds is 7. The lowest BCUT2D eigenvalue weighted by molar-refractivity contribution is -0.132. The molecule has 1 unspecified atom stereocenters. The van der Waals surface area contributed by atoms with Gasteiger partial charge in [-0.1, -0.05) is 66.7 Å². The first-order valence-electron chi connectivity index (χ1n) is 9.17. The van der Waals surface area contributed by atoms with Gasteiger partial charge in [0.05, 0.1) is 12.6 Å². The Bertz CT molecular complexity index is 794. The maximum atomic E-state index is 13.1. The Balaban J connectivity index is 1.79. The van der Waals surface area contributed by atoms with E-state index in [9.17, 15) is 4.79 Å². The first-order chi connectivity index (χ1) is 13.1. The first kappa shape index (κ1) is 19.3. The van der Waals surface area contributed by atoms with Crippen LogP contribution in [0.2, 0.25) is 0 Å². The van der Waals surface area contributed by atoms with Crippen LogP contribution >= 0.6 is 11.3 Å². The van der Waals surface area contributed by atoms with E-state index in [1.807, 2.05) is 55.4 Å². The summed E-state index contributed by atoms with van der Waals surface area (Å²) in [4.78, 5) is 18.3. The molecule has 0 spiro atoms. The molecule has 0 bridgehead atoms. The van der Waals surface area contributed by atoms with Gasteiger partial charge in [0.15, 0.2) is 0 Å². The van der Waals surface area contributed by atoms with E-state index in [4.69, 9.17) is 0 Å². The van der Waals surface area contributed by atoms with E-state index in [1.165, 1.54) is 4.88 Å². The zero-order valence-corrected chi connectivity index (χ0v) is 16.9. The molecule has 0 fully saturated rings. The van der Waals surface area contributed by atoms with Gasteiger partial charge in [0, 0.05) is 18.0 Å². The summed E-state index contributed by atoms with van der Waals surface area (Å²) in [5, 5.41) is 2.08. The number of carbonyl (C=O) groups is 1. The Morgan fingerprint density at radius 1 is 0.889 bits per heavy atom. The smallest absolute Gasteiger partial charge is 0.237 e. The molecular weight excluding hydrogens is 352 g/mol. The third-order valence-corrected chi connectivity index (χ3v) is 6.05. The van der Waals surface area contributed by atoms with Crippen LogP contribution in [-0.2, 0) is 4.79 Å². The molecule has 0 radical (unpaired) electrons. The summed E-state index contributed by atoms with van der Waals surface area (Å²) in [6, 6.07) is 24.7. The molecule has 2 aromatic carbocycles. The number of amides is 1. The quantitative estimate of drug-likeness (QED) is 0.578. The molecule has 0 saturated carbocycles. The third kappa shape index (κ3) is 4.65. The fraction of sp³-hybridized carbons (Fsp3) is 0.261. The Kier molecular flexibility index (Phi) is 6.43. The number of hydrogen-bond donors (Lipinski definition) is 0. The molecule has 1 amide bonds. The maximum absolute atomic E-state index is 13.1. The fourth-order valence-corrected chi connectivity index (χ4v) is 4.11. The number of hydrogen-bond acceptors (Lipinski definition) is 3. The van der Waals surface area contributed by atoms with Crippen LogP contribution < -0.4 is 0 Å². The van der Waals surface area contributed by atoms with E-state index in [1.54, 1.807) is 11.3 Å². The Labute approximate surface area is 165 Å². The van der Waals surface area contributed by atoms with E-state index in [2.05, 4.69) is 53.6 Å². The van der Waals surface area contributed by atoms with Gasteiger partial charge >= 0.3 is 0 Å². The van der Waals surface area contributed by atoms with Crippen LogP contribution in [0.25, 0.3) is 0 Å². The average Bonchev–Trinajstić information content (AvgIpc) is 3.24. The lowest BCUT2D eigenvalue weighted by atomic mass is 9.97. The highest BCUT2D eigenvalue weighted by Crippen LogP contribution is 2.28. The van der Waals surface area contributed by atoms with Crippen LogP contribution in [0, 0.1) is 0 Å². The topological polar surface area (TPSA) is 23.6 Å². The molecule has 3 aromatic rings. The van der Waals surface area contributed by atoms with Crippen molar-refractivity contribution in [2.75, 3.05) is 20.6 Å². The predicted molar refractivity (Wildman–Crippen MR) is 113 cm³/mol. The zero-order valence-electron chi connectivity index (χ0n) is 16.1. The van der Waals surface area contributed by atoms with Crippen molar-refractivity contribution in [2.45, 2.75) is 19.0 Å². The van der Waals surface area contributed by atoms with Crippen molar-refractivity contribution in [3.05, 3.63) is 94.2 Å². The van der Waals surface area contributed by atoms with Gasteiger partial charge < -0.3 is 4.90 Å². The highest BCUT2D eigenvalue weighted by molar-refractivity contribution is 7.10.